The van der Waals surface area contributed by atoms with Gasteiger partial charge in [-0.3, -0.25) is 9.36 Å². The highest BCUT2D eigenvalue weighted by molar-refractivity contribution is 5.27. The van der Waals surface area contributed by atoms with E-state index in [0.717, 1.165) is 16.7 Å². The second kappa shape index (κ2) is 5.46. The van der Waals surface area contributed by atoms with E-state index in [2.05, 4.69) is 4.98 Å². The summed E-state index contributed by atoms with van der Waals surface area (Å²) in [6, 6.07) is 5.59. The van der Waals surface area contributed by atoms with E-state index in [0.29, 0.717) is 0 Å². The smallest absolute Gasteiger partial charge is 0.387 e. The Balaban J connectivity index is 2.24. The molecule has 7 heteroatoms. The Morgan fingerprint density at radius 2 is 2.05 bits per heavy atom. The van der Waals surface area contributed by atoms with Crippen molar-refractivity contribution in [3.8, 4) is 0 Å². The quantitative estimate of drug-likeness (QED) is 0.938. The summed E-state index contributed by atoms with van der Waals surface area (Å²) in [5, 5.41) is 9.93. The van der Waals surface area contributed by atoms with E-state index in [4.69, 9.17) is 0 Å². The van der Waals surface area contributed by atoms with Crippen molar-refractivity contribution in [1.82, 2.24) is 9.55 Å². The number of aliphatic hydroxyl groups excluding tert-OH is 1. The van der Waals surface area contributed by atoms with E-state index < -0.39 is 17.8 Å². The first-order valence-corrected chi connectivity index (χ1v) is 5.73. The first kappa shape index (κ1) is 14.3. The van der Waals surface area contributed by atoms with Gasteiger partial charge in [-0.25, -0.2) is 4.98 Å². The Morgan fingerprint density at radius 3 is 2.70 bits per heavy atom. The molecular formula is C13H11F3N2O2. The van der Waals surface area contributed by atoms with Crippen LogP contribution < -0.4 is 5.56 Å². The number of benzene rings is 1. The molecule has 0 aliphatic carbocycles. The van der Waals surface area contributed by atoms with Crippen LogP contribution in [0.25, 0.3) is 0 Å². The molecule has 20 heavy (non-hydrogen) atoms. The number of alkyl halides is 3. The van der Waals surface area contributed by atoms with Crippen molar-refractivity contribution in [2.75, 3.05) is 0 Å². The minimum absolute atomic E-state index is 0.0931. The zero-order chi connectivity index (χ0) is 14.8. The van der Waals surface area contributed by atoms with Gasteiger partial charge >= 0.3 is 6.18 Å². The predicted octanol–water partition coefficient (Wildman–Crippen LogP) is 2.00. The second-order valence-corrected chi connectivity index (χ2v) is 4.21. The van der Waals surface area contributed by atoms with Gasteiger partial charge in [0, 0.05) is 12.3 Å². The third kappa shape index (κ3) is 3.24. The van der Waals surface area contributed by atoms with E-state index in [1.807, 2.05) is 0 Å². The molecular weight excluding hydrogens is 273 g/mol. The lowest BCUT2D eigenvalue weighted by atomic mass is 10.1. The molecule has 0 spiro atoms. The number of hydrogen-bond donors (Lipinski definition) is 1. The molecule has 0 saturated carbocycles. The maximum Gasteiger partial charge on any atom is 0.416 e. The zero-order valence-corrected chi connectivity index (χ0v) is 10.2. The van der Waals surface area contributed by atoms with Crippen molar-refractivity contribution in [2.45, 2.75) is 18.8 Å². The third-order valence-corrected chi connectivity index (χ3v) is 2.76. The molecule has 0 radical (unpaired) electrons. The molecule has 0 saturated heterocycles. The minimum Gasteiger partial charge on any atom is -0.387 e. The van der Waals surface area contributed by atoms with Gasteiger partial charge in [0.1, 0.15) is 0 Å². The van der Waals surface area contributed by atoms with Crippen molar-refractivity contribution in [2.24, 2.45) is 0 Å². The standard InChI is InChI=1S/C13H11F3N2O2/c14-13(15,16)10-3-1-2-9(6-10)11(19)7-18-8-17-5-4-12(18)20/h1-6,8,11,19H,7H2. The third-order valence-electron chi connectivity index (χ3n) is 2.76. The van der Waals surface area contributed by atoms with Gasteiger partial charge in [-0.2, -0.15) is 13.2 Å². The Bertz CT molecular complexity index is 652. The summed E-state index contributed by atoms with van der Waals surface area (Å²) in [6.45, 7) is -0.159. The van der Waals surface area contributed by atoms with Crippen LogP contribution in [0.4, 0.5) is 13.2 Å². The SMILES string of the molecule is O=c1ccncn1CC(O)c1cccc(C(F)(F)F)c1. The molecule has 0 amide bonds. The molecule has 1 aromatic heterocycles. The lowest BCUT2D eigenvalue weighted by molar-refractivity contribution is -0.137. The molecule has 1 unspecified atom stereocenters. The Labute approximate surface area is 112 Å². The summed E-state index contributed by atoms with van der Waals surface area (Å²) in [6.07, 6.45) is -3.17. The molecule has 2 rings (SSSR count). The van der Waals surface area contributed by atoms with Crippen LogP contribution in [0.15, 0.2) is 47.7 Å². The number of aliphatic hydroxyl groups is 1. The van der Waals surface area contributed by atoms with Crippen LogP contribution in [0, 0.1) is 0 Å². The van der Waals surface area contributed by atoms with Crippen LogP contribution >= 0.6 is 0 Å². The normalized spacial score (nSPS) is 13.2. The van der Waals surface area contributed by atoms with Crippen LogP contribution in [-0.2, 0) is 12.7 Å². The summed E-state index contributed by atoms with van der Waals surface area (Å²) in [5.74, 6) is 0. The molecule has 0 fully saturated rings. The maximum absolute atomic E-state index is 12.6. The van der Waals surface area contributed by atoms with Gasteiger partial charge in [-0.05, 0) is 17.7 Å². The van der Waals surface area contributed by atoms with Gasteiger partial charge in [0.25, 0.3) is 5.56 Å². The Morgan fingerprint density at radius 1 is 1.30 bits per heavy atom. The lowest BCUT2D eigenvalue weighted by Crippen LogP contribution is -2.22. The largest absolute Gasteiger partial charge is 0.416 e. The number of hydrogen-bond acceptors (Lipinski definition) is 3. The molecule has 1 N–H and O–H groups in total. The van der Waals surface area contributed by atoms with E-state index in [9.17, 15) is 23.1 Å². The summed E-state index contributed by atoms with van der Waals surface area (Å²) >= 11 is 0. The number of aromatic nitrogens is 2. The van der Waals surface area contributed by atoms with E-state index in [1.165, 1.54) is 30.7 Å². The summed E-state index contributed by atoms with van der Waals surface area (Å²) < 4.78 is 38.9. The molecule has 1 heterocycles. The fraction of sp³-hybridized carbons (Fsp3) is 0.231. The van der Waals surface area contributed by atoms with E-state index >= 15 is 0 Å². The van der Waals surface area contributed by atoms with Crippen molar-refractivity contribution < 1.29 is 18.3 Å². The van der Waals surface area contributed by atoms with Crippen LogP contribution in [0.2, 0.25) is 0 Å². The molecule has 106 valence electrons. The fourth-order valence-corrected chi connectivity index (χ4v) is 1.73. The van der Waals surface area contributed by atoms with Crippen LogP contribution in [0.3, 0.4) is 0 Å². The Kier molecular flexibility index (Phi) is 3.89. The van der Waals surface area contributed by atoms with Gasteiger partial charge in [0.2, 0.25) is 0 Å². The maximum atomic E-state index is 12.6. The number of halogens is 3. The molecule has 1 atom stereocenters. The van der Waals surface area contributed by atoms with E-state index in [-0.39, 0.29) is 17.7 Å². The fourth-order valence-electron chi connectivity index (χ4n) is 1.73. The van der Waals surface area contributed by atoms with Crippen molar-refractivity contribution >= 4 is 0 Å². The highest BCUT2D eigenvalue weighted by atomic mass is 19.4. The number of rotatable bonds is 3. The lowest BCUT2D eigenvalue weighted by Gasteiger charge is -2.14. The van der Waals surface area contributed by atoms with Gasteiger partial charge in [0.15, 0.2) is 0 Å². The van der Waals surface area contributed by atoms with Gasteiger partial charge in [-0.15, -0.1) is 0 Å². The number of nitrogens with zero attached hydrogens (tertiary/aromatic N) is 2. The molecule has 1 aromatic carbocycles. The van der Waals surface area contributed by atoms with Gasteiger partial charge in [-0.1, -0.05) is 12.1 Å². The average Bonchev–Trinajstić information content (AvgIpc) is 2.40. The molecule has 2 aromatic rings. The zero-order valence-electron chi connectivity index (χ0n) is 10.2. The first-order valence-electron chi connectivity index (χ1n) is 5.73. The highest BCUT2D eigenvalue weighted by Gasteiger charge is 2.30. The molecule has 0 aliphatic heterocycles. The highest BCUT2D eigenvalue weighted by Crippen LogP contribution is 2.30. The minimum atomic E-state index is -4.47. The first-order chi connectivity index (χ1) is 9.38. The van der Waals surface area contributed by atoms with Crippen LogP contribution in [-0.4, -0.2) is 14.7 Å². The summed E-state index contributed by atoms with van der Waals surface area (Å²) in [5.41, 5.74) is -1.13. The molecule has 4 nitrogen and oxygen atoms in total. The van der Waals surface area contributed by atoms with Crippen molar-refractivity contribution in [1.29, 1.82) is 0 Å². The summed E-state index contributed by atoms with van der Waals surface area (Å²) in [7, 11) is 0. The summed E-state index contributed by atoms with van der Waals surface area (Å²) in [4.78, 5) is 15.2. The van der Waals surface area contributed by atoms with Crippen molar-refractivity contribution in [3.05, 3.63) is 64.3 Å². The van der Waals surface area contributed by atoms with Crippen LogP contribution in [0.1, 0.15) is 17.2 Å². The van der Waals surface area contributed by atoms with Crippen molar-refractivity contribution in [3.63, 3.8) is 0 Å². The molecule has 0 bridgehead atoms. The Hall–Kier alpha value is -2.15. The topological polar surface area (TPSA) is 55.1 Å². The predicted molar refractivity (Wildman–Crippen MR) is 64.9 cm³/mol. The second-order valence-electron chi connectivity index (χ2n) is 4.21. The molecule has 0 aliphatic rings. The average molecular weight is 284 g/mol. The monoisotopic (exact) mass is 284 g/mol. The van der Waals surface area contributed by atoms with Gasteiger partial charge in [0.05, 0.1) is 24.5 Å². The van der Waals surface area contributed by atoms with Gasteiger partial charge < -0.3 is 5.11 Å². The van der Waals surface area contributed by atoms with Crippen LogP contribution in [0.5, 0.6) is 0 Å². The van der Waals surface area contributed by atoms with E-state index in [1.54, 1.807) is 0 Å².